The fourth-order valence-corrected chi connectivity index (χ4v) is 13.4. The Morgan fingerprint density at radius 1 is 0.425 bits per heavy atom. The van der Waals surface area contributed by atoms with Crippen molar-refractivity contribution >= 4 is 70.1 Å². The number of rotatable bonds is 12. The molecule has 1 fully saturated rings. The molecule has 2 atom stereocenters. The Labute approximate surface area is 453 Å². The number of phenolic OH excluding ortho intramolecular Hbond substituents is 2. The van der Waals surface area contributed by atoms with Crippen LogP contribution in [0.25, 0.3) is 77.2 Å². The molecule has 4 N–H and O–H groups in total. The van der Waals surface area contributed by atoms with Crippen molar-refractivity contribution in [1.82, 2.24) is 9.13 Å². The van der Waals surface area contributed by atoms with Crippen LogP contribution in [0.1, 0.15) is 25.7 Å². The van der Waals surface area contributed by atoms with E-state index in [4.69, 9.17) is 9.47 Å². The summed E-state index contributed by atoms with van der Waals surface area (Å²) in [6, 6.07) is 59.7. The van der Waals surface area contributed by atoms with Crippen LogP contribution in [0.5, 0.6) is 23.0 Å². The summed E-state index contributed by atoms with van der Waals surface area (Å²) < 4.78 is 15.4. The van der Waals surface area contributed by atoms with Gasteiger partial charge in [-0.1, -0.05) is 172 Å². The Kier molecular flexibility index (Phi) is 15.6. The van der Waals surface area contributed by atoms with Gasteiger partial charge >= 0.3 is 0 Å². The van der Waals surface area contributed by atoms with E-state index < -0.39 is 16.1 Å². The molecule has 1 saturated carbocycles. The Balaban J connectivity index is 0.00000237. The second kappa shape index (κ2) is 21.4. The number of para-hydroxylation sites is 6. The van der Waals surface area contributed by atoms with Crippen LogP contribution in [-0.2, 0) is 25.8 Å². The zero-order chi connectivity index (χ0) is 48.3. The Hall–Kier alpha value is -6.14. The molecule has 2 aromatic heterocycles. The van der Waals surface area contributed by atoms with Gasteiger partial charge in [0.1, 0.15) is 11.5 Å². The molecule has 1 aliphatic rings. The van der Waals surface area contributed by atoms with Gasteiger partial charge in [-0.25, -0.2) is 0 Å². The minimum absolute atomic E-state index is 0. The van der Waals surface area contributed by atoms with Crippen molar-refractivity contribution in [1.29, 1.82) is 0 Å². The molecule has 11 rings (SSSR count). The molecule has 372 valence electrons. The molecule has 1 unspecified atom stereocenters. The molecule has 0 bridgehead atoms. The summed E-state index contributed by atoms with van der Waals surface area (Å²) >= 11 is 0. The van der Waals surface area contributed by atoms with E-state index in [2.05, 4.69) is 218 Å². The van der Waals surface area contributed by atoms with E-state index in [1.807, 2.05) is 0 Å². The number of hydrogen-bond acceptors (Lipinski definition) is 2. The first kappa shape index (κ1) is 53.2. The van der Waals surface area contributed by atoms with Crippen LogP contribution >= 0.6 is 0 Å². The zero-order valence-corrected chi connectivity index (χ0v) is 49.3. The second-order valence-electron chi connectivity index (χ2n) is 21.5. The summed E-state index contributed by atoms with van der Waals surface area (Å²) in [7, 11) is -3.73. The summed E-state index contributed by atoms with van der Waals surface area (Å²) in [5, 5.41) is 32.3. The van der Waals surface area contributed by atoms with Crippen LogP contribution in [0.3, 0.4) is 0 Å². The van der Waals surface area contributed by atoms with Gasteiger partial charge in [-0.05, 0) is 61.4 Å². The maximum absolute atomic E-state index is 12.5. The fourth-order valence-electron chi connectivity index (χ4n) is 11.1. The van der Waals surface area contributed by atoms with Crippen molar-refractivity contribution in [2.75, 3.05) is 13.2 Å². The van der Waals surface area contributed by atoms with E-state index in [0.717, 1.165) is 80.0 Å². The molecule has 73 heavy (non-hydrogen) atoms. The van der Waals surface area contributed by atoms with E-state index >= 15 is 0 Å². The van der Waals surface area contributed by atoms with Gasteiger partial charge in [0, 0.05) is 82.5 Å². The average Bonchev–Trinajstić information content (AvgIpc) is 3.88. The van der Waals surface area contributed by atoms with Gasteiger partial charge in [0.05, 0.1) is 60.7 Å². The number of ether oxygens (including phenoxy) is 2. The third-order valence-corrected chi connectivity index (χ3v) is 19.0. The van der Waals surface area contributed by atoms with Gasteiger partial charge in [-0.2, -0.15) is 0 Å². The van der Waals surface area contributed by atoms with Crippen molar-refractivity contribution in [3.8, 4) is 56.6 Å². The predicted octanol–water partition coefficient (Wildman–Crippen LogP) is 15.6. The van der Waals surface area contributed by atoms with E-state index in [-0.39, 0.29) is 52.2 Å². The molecule has 8 aromatic carbocycles. The molecule has 9 heteroatoms. The molecular weight excluding hydrogens is 1100 g/mol. The number of phenols is 2. The van der Waals surface area contributed by atoms with Crippen molar-refractivity contribution in [3.63, 3.8) is 0 Å². The van der Waals surface area contributed by atoms with Crippen LogP contribution in [0, 0.1) is 26.7 Å². The number of hydrogen-bond donors (Lipinski definition) is 2. The third-order valence-electron chi connectivity index (χ3n) is 15.0. The number of aromatic nitrogens is 2. The molecule has 10 aromatic rings. The minimum Gasteiger partial charge on any atom is -0.582 e. The Morgan fingerprint density at radius 2 is 0.726 bits per heavy atom. The van der Waals surface area contributed by atoms with Crippen LogP contribution in [-0.4, -0.2) is 58.2 Å². The number of aliphatic hydroxyl groups is 2. The van der Waals surface area contributed by atoms with Gasteiger partial charge in [0.2, 0.25) is 0 Å². The zero-order valence-electron chi connectivity index (χ0n) is 43.7. The number of benzene rings is 8. The van der Waals surface area contributed by atoms with Crippen molar-refractivity contribution in [3.05, 3.63) is 185 Å². The van der Waals surface area contributed by atoms with Gasteiger partial charge in [0.25, 0.3) is 11.5 Å². The predicted molar refractivity (Wildman–Crippen MR) is 313 cm³/mol. The van der Waals surface area contributed by atoms with E-state index in [9.17, 15) is 10.2 Å². The maximum atomic E-state index is 12.5. The summed E-state index contributed by atoms with van der Waals surface area (Å²) in [4.78, 5) is 0. The topological polar surface area (TPSA) is 75.9 Å². The van der Waals surface area contributed by atoms with E-state index in [0.29, 0.717) is 25.0 Å². The van der Waals surface area contributed by atoms with Gasteiger partial charge in [0.15, 0.2) is 13.2 Å². The van der Waals surface area contributed by atoms with Crippen molar-refractivity contribution in [2.24, 2.45) is 11.8 Å². The van der Waals surface area contributed by atoms with Crippen LogP contribution in [0.2, 0.25) is 39.3 Å². The number of nitrogens with zero attached hydrogens (tertiary/aromatic N) is 2. The SMILES string of the molecule is C[Si](C)(C)c1cc(-c2ccccc2[OH+]CC2CCCC[C@H]2C[OH+]c2ccccc2-c2cc([Si](C)(C)C)cc(-n3c4ccccc4c4ccccc43)c2O)c(O)c(-n2c3ccccc3c3ccccc32)c1.[CH3-].[CH3-].[Hf]. The summed E-state index contributed by atoms with van der Waals surface area (Å²) in [5.74, 6) is 3.07. The van der Waals surface area contributed by atoms with E-state index in [1.54, 1.807) is 0 Å². The van der Waals surface area contributed by atoms with Crippen LogP contribution < -0.4 is 10.4 Å². The first-order chi connectivity index (χ1) is 33.8. The molecule has 2 heterocycles. The second-order valence-corrected chi connectivity index (χ2v) is 31.7. The van der Waals surface area contributed by atoms with Crippen molar-refractivity contribution < 1.29 is 45.5 Å². The minimum atomic E-state index is -1.86. The molecule has 0 aliphatic heterocycles. The van der Waals surface area contributed by atoms with Crippen LogP contribution in [0.4, 0.5) is 0 Å². The molecular formula is C64H70HfN2O4Si2. The number of aromatic hydroxyl groups is 4. The smallest absolute Gasteiger partial charge is 0.262 e. The van der Waals surface area contributed by atoms with Gasteiger partial charge in [-0.3, -0.25) is 0 Å². The fraction of sp³-hybridized carbons (Fsp3) is 0.219. The summed E-state index contributed by atoms with van der Waals surface area (Å²) in [6.07, 6.45) is 4.56. The summed E-state index contributed by atoms with van der Waals surface area (Å²) in [6.45, 7) is 15.6. The van der Waals surface area contributed by atoms with Crippen LogP contribution in [0.15, 0.2) is 170 Å². The van der Waals surface area contributed by atoms with Gasteiger partial charge in [-0.15, -0.1) is 0 Å². The van der Waals surface area contributed by atoms with E-state index in [1.165, 1.54) is 44.8 Å². The standard InChI is InChI=1S/C62H62N2O4Si2.2CH3.Hf/c1-69(2,3)43-35-51(61(65)57(37-43)63-53-29-15-9-23-45(53)46-24-10-16-30-54(46)63)49-27-13-19-33-59(49)67-39-41-21-7-8-22-42(41)40-68-60-34-20-14-28-50(60)52-36-44(70(4,5)6)38-58(62(52)66)64-55-31-17-11-25-47(55)48-26-12-18-32-56(48)64;;;/h9-20,23-38,41-42,65-66H,7-8,21-22,39-40H2,1-6H3;2*1H3;/q;2*-1;/p+2/t41-,42?;;;/m0.../s1. The monoisotopic (exact) mass is 1170 g/mol. The Morgan fingerprint density at radius 3 is 1.05 bits per heavy atom. The molecule has 6 nitrogen and oxygen atoms in total. The average molecular weight is 1170 g/mol. The molecule has 0 radical (unpaired) electrons. The Bertz CT molecular complexity index is 3260. The quantitative estimate of drug-likeness (QED) is 0.0726. The molecule has 0 spiro atoms. The molecule has 0 amide bonds. The summed E-state index contributed by atoms with van der Waals surface area (Å²) in [5.41, 5.74) is 9.47. The largest absolute Gasteiger partial charge is 0.582 e. The molecule has 1 aliphatic carbocycles. The maximum Gasteiger partial charge on any atom is 0.262 e. The van der Waals surface area contributed by atoms with Gasteiger partial charge < -0.3 is 43.7 Å². The third kappa shape index (κ3) is 9.88. The normalized spacial score (nSPS) is 14.9. The van der Waals surface area contributed by atoms with Crippen molar-refractivity contribution in [2.45, 2.75) is 65.0 Å². The number of fused-ring (bicyclic) bond motifs is 6. The first-order valence-electron chi connectivity index (χ1n) is 25.1. The molecule has 0 saturated heterocycles. The first-order valence-corrected chi connectivity index (χ1v) is 32.1.